The number of carbonyl (C=O) groups is 1. The molecular weight excluding hydrogens is 296 g/mol. The number of nitrogens with zero attached hydrogens (tertiary/aromatic N) is 2. The first kappa shape index (κ1) is 13.1. The van der Waals surface area contributed by atoms with E-state index in [1.165, 1.54) is 0 Å². The Morgan fingerprint density at radius 3 is 3.06 bits per heavy atom. The summed E-state index contributed by atoms with van der Waals surface area (Å²) in [5.74, 6) is -0.0562. The summed E-state index contributed by atoms with van der Waals surface area (Å²) in [6.07, 6.45) is -0.517. The third-order valence-electron chi connectivity index (χ3n) is 2.92. The Morgan fingerprint density at radius 2 is 2.39 bits per heavy atom. The number of morpholine rings is 1. The fourth-order valence-corrected chi connectivity index (χ4v) is 2.20. The molecule has 18 heavy (non-hydrogen) atoms. The first-order valence-electron chi connectivity index (χ1n) is 5.68. The number of hydrogen-bond acceptors (Lipinski definition) is 3. The van der Waals surface area contributed by atoms with Crippen molar-refractivity contribution in [2.45, 2.75) is 13.0 Å². The SMILES string of the molecule is Cc1ccc(C(=O)N2CCOC(C#N)C2)cc1Br. The van der Waals surface area contributed by atoms with E-state index in [1.807, 2.05) is 25.1 Å². The number of nitriles is 1. The number of ether oxygens (including phenoxy) is 1. The van der Waals surface area contributed by atoms with Crippen molar-refractivity contribution in [3.05, 3.63) is 33.8 Å². The van der Waals surface area contributed by atoms with Crippen LogP contribution in [0.2, 0.25) is 0 Å². The van der Waals surface area contributed by atoms with Crippen LogP contribution in [0.4, 0.5) is 0 Å². The van der Waals surface area contributed by atoms with Gasteiger partial charge in [-0.05, 0) is 24.6 Å². The summed E-state index contributed by atoms with van der Waals surface area (Å²) in [5.41, 5.74) is 1.72. The second-order valence-electron chi connectivity index (χ2n) is 4.20. The minimum Gasteiger partial charge on any atom is -0.360 e. The normalized spacial score (nSPS) is 19.4. The van der Waals surface area contributed by atoms with Gasteiger partial charge in [0.25, 0.3) is 5.91 Å². The molecular formula is C13H13BrN2O2. The van der Waals surface area contributed by atoms with Crippen molar-refractivity contribution in [2.24, 2.45) is 0 Å². The molecule has 0 radical (unpaired) electrons. The summed E-state index contributed by atoms with van der Waals surface area (Å²) in [5, 5.41) is 8.82. The van der Waals surface area contributed by atoms with Gasteiger partial charge in [-0.1, -0.05) is 22.0 Å². The molecule has 0 aliphatic carbocycles. The van der Waals surface area contributed by atoms with Gasteiger partial charge in [-0.15, -0.1) is 0 Å². The van der Waals surface area contributed by atoms with Gasteiger partial charge < -0.3 is 9.64 Å². The molecule has 1 unspecified atom stereocenters. The maximum atomic E-state index is 12.3. The van der Waals surface area contributed by atoms with Crippen molar-refractivity contribution in [1.29, 1.82) is 5.26 Å². The average Bonchev–Trinajstić information content (AvgIpc) is 2.41. The molecule has 1 fully saturated rings. The van der Waals surface area contributed by atoms with Crippen LogP contribution < -0.4 is 0 Å². The van der Waals surface area contributed by atoms with Crippen molar-refractivity contribution >= 4 is 21.8 Å². The Labute approximate surface area is 114 Å². The third-order valence-corrected chi connectivity index (χ3v) is 3.77. The number of aryl methyl sites for hydroxylation is 1. The molecule has 1 aliphatic heterocycles. The molecule has 5 heteroatoms. The van der Waals surface area contributed by atoms with E-state index in [1.54, 1.807) is 11.0 Å². The number of amides is 1. The second-order valence-corrected chi connectivity index (χ2v) is 5.06. The molecule has 2 rings (SSSR count). The van der Waals surface area contributed by atoms with Crippen molar-refractivity contribution in [3.8, 4) is 6.07 Å². The van der Waals surface area contributed by atoms with E-state index >= 15 is 0 Å². The highest BCUT2D eigenvalue weighted by Crippen LogP contribution is 2.19. The minimum atomic E-state index is -0.517. The van der Waals surface area contributed by atoms with Crippen LogP contribution in [0.3, 0.4) is 0 Å². The summed E-state index contributed by atoms with van der Waals surface area (Å²) < 4.78 is 6.14. The van der Waals surface area contributed by atoms with Crippen LogP contribution in [0.5, 0.6) is 0 Å². The van der Waals surface area contributed by atoms with Gasteiger partial charge in [-0.2, -0.15) is 5.26 Å². The average molecular weight is 309 g/mol. The molecule has 0 bridgehead atoms. The molecule has 0 aromatic heterocycles. The van der Waals surface area contributed by atoms with Crippen LogP contribution in [0.25, 0.3) is 0 Å². The smallest absolute Gasteiger partial charge is 0.254 e. The molecule has 1 amide bonds. The van der Waals surface area contributed by atoms with Gasteiger partial charge in [0, 0.05) is 16.6 Å². The number of halogens is 1. The molecule has 1 atom stereocenters. The molecule has 1 aromatic carbocycles. The summed E-state index contributed by atoms with van der Waals surface area (Å²) >= 11 is 3.42. The fraction of sp³-hybridized carbons (Fsp3) is 0.385. The third kappa shape index (κ3) is 2.71. The summed E-state index contributed by atoms with van der Waals surface area (Å²) in [6, 6.07) is 7.56. The predicted octanol–water partition coefficient (Wildman–Crippen LogP) is 2.12. The predicted molar refractivity (Wildman–Crippen MR) is 70.1 cm³/mol. The Hall–Kier alpha value is -1.38. The quantitative estimate of drug-likeness (QED) is 0.798. The lowest BCUT2D eigenvalue weighted by molar-refractivity contribution is 0.00346. The zero-order valence-corrected chi connectivity index (χ0v) is 11.6. The first-order valence-corrected chi connectivity index (χ1v) is 6.48. The van der Waals surface area contributed by atoms with Gasteiger partial charge in [0.05, 0.1) is 19.2 Å². The van der Waals surface area contributed by atoms with Crippen LogP contribution in [-0.4, -0.2) is 36.6 Å². The Morgan fingerprint density at radius 1 is 1.61 bits per heavy atom. The van der Waals surface area contributed by atoms with E-state index in [0.29, 0.717) is 25.3 Å². The number of rotatable bonds is 1. The van der Waals surface area contributed by atoms with Crippen LogP contribution in [0.15, 0.2) is 22.7 Å². The van der Waals surface area contributed by atoms with Crippen molar-refractivity contribution in [2.75, 3.05) is 19.7 Å². The molecule has 0 N–H and O–H groups in total. The van der Waals surface area contributed by atoms with E-state index in [9.17, 15) is 4.79 Å². The zero-order valence-electron chi connectivity index (χ0n) is 10.0. The maximum Gasteiger partial charge on any atom is 0.254 e. The Kier molecular flexibility index (Phi) is 4.00. The van der Waals surface area contributed by atoms with E-state index in [0.717, 1.165) is 10.0 Å². The largest absolute Gasteiger partial charge is 0.360 e. The van der Waals surface area contributed by atoms with E-state index in [2.05, 4.69) is 15.9 Å². The maximum absolute atomic E-state index is 12.3. The standard InChI is InChI=1S/C13H13BrN2O2/c1-9-2-3-10(6-12(9)14)13(17)16-4-5-18-11(7-15)8-16/h2-3,6,11H,4-5,8H2,1H3. The number of hydrogen-bond donors (Lipinski definition) is 0. The summed E-state index contributed by atoms with van der Waals surface area (Å²) in [7, 11) is 0. The Balaban J connectivity index is 2.15. The van der Waals surface area contributed by atoms with Gasteiger partial charge >= 0.3 is 0 Å². The first-order chi connectivity index (χ1) is 8.61. The lowest BCUT2D eigenvalue weighted by atomic mass is 10.1. The van der Waals surface area contributed by atoms with E-state index < -0.39 is 6.10 Å². The summed E-state index contributed by atoms with van der Waals surface area (Å²) in [4.78, 5) is 13.9. The monoisotopic (exact) mass is 308 g/mol. The van der Waals surface area contributed by atoms with Crippen LogP contribution in [-0.2, 0) is 4.74 Å². The van der Waals surface area contributed by atoms with Gasteiger partial charge in [-0.3, -0.25) is 4.79 Å². The zero-order chi connectivity index (χ0) is 13.1. The lowest BCUT2D eigenvalue weighted by Crippen LogP contribution is -2.45. The Bertz CT molecular complexity index is 510. The fourth-order valence-electron chi connectivity index (χ4n) is 1.82. The highest BCUT2D eigenvalue weighted by atomic mass is 79.9. The lowest BCUT2D eigenvalue weighted by Gasteiger charge is -2.29. The van der Waals surface area contributed by atoms with Crippen LogP contribution >= 0.6 is 15.9 Å². The highest BCUT2D eigenvalue weighted by Gasteiger charge is 2.24. The van der Waals surface area contributed by atoms with E-state index in [-0.39, 0.29) is 5.91 Å². The van der Waals surface area contributed by atoms with Gasteiger partial charge in [-0.25, -0.2) is 0 Å². The molecule has 1 aromatic rings. The van der Waals surface area contributed by atoms with Crippen molar-refractivity contribution < 1.29 is 9.53 Å². The molecule has 94 valence electrons. The van der Waals surface area contributed by atoms with Gasteiger partial charge in [0.15, 0.2) is 6.10 Å². The second kappa shape index (κ2) is 5.51. The van der Waals surface area contributed by atoms with Crippen molar-refractivity contribution in [3.63, 3.8) is 0 Å². The van der Waals surface area contributed by atoms with Crippen LogP contribution in [0.1, 0.15) is 15.9 Å². The molecule has 0 spiro atoms. The molecule has 4 nitrogen and oxygen atoms in total. The highest BCUT2D eigenvalue weighted by molar-refractivity contribution is 9.10. The summed E-state index contributed by atoms with van der Waals surface area (Å²) in [6.45, 7) is 3.25. The van der Waals surface area contributed by atoms with E-state index in [4.69, 9.17) is 10.00 Å². The number of benzene rings is 1. The van der Waals surface area contributed by atoms with Crippen LogP contribution in [0, 0.1) is 18.3 Å². The minimum absolute atomic E-state index is 0.0562. The molecule has 1 heterocycles. The van der Waals surface area contributed by atoms with Gasteiger partial charge in [0.2, 0.25) is 0 Å². The molecule has 1 saturated heterocycles. The molecule has 0 saturated carbocycles. The number of carbonyl (C=O) groups excluding carboxylic acids is 1. The molecule has 1 aliphatic rings. The van der Waals surface area contributed by atoms with Gasteiger partial charge in [0.1, 0.15) is 0 Å². The topological polar surface area (TPSA) is 53.3 Å². The van der Waals surface area contributed by atoms with Crippen molar-refractivity contribution in [1.82, 2.24) is 4.90 Å².